The molecule has 0 aliphatic carbocycles. The van der Waals surface area contributed by atoms with Gasteiger partial charge in [-0.25, -0.2) is 4.79 Å². The van der Waals surface area contributed by atoms with Crippen molar-refractivity contribution in [2.75, 3.05) is 40.4 Å². The molecule has 0 radical (unpaired) electrons. The van der Waals surface area contributed by atoms with Crippen molar-refractivity contribution in [2.24, 2.45) is 0 Å². The molecule has 1 aromatic heterocycles. The highest BCUT2D eigenvalue weighted by Crippen LogP contribution is 2.33. The van der Waals surface area contributed by atoms with E-state index in [2.05, 4.69) is 20.4 Å². The van der Waals surface area contributed by atoms with Crippen LogP contribution in [0.2, 0.25) is 0 Å². The molecule has 170 valence electrons. The van der Waals surface area contributed by atoms with E-state index in [1.807, 2.05) is 39.0 Å². The van der Waals surface area contributed by atoms with Crippen LogP contribution in [0.5, 0.6) is 11.5 Å². The standard InChI is InChI=1S/C22H32N4O5/c1-22(2,3)30-21(27)23-10-13-26-11-8-15(9-12-26)20-24-19(25-31-20)16-6-7-17(28-4)18(14-16)29-5/h6-7,14-15H,8-13H2,1-5H3,(H,23,27). The number of methoxy groups -OCH3 is 2. The average Bonchev–Trinajstić information content (AvgIpc) is 3.22. The van der Waals surface area contributed by atoms with Crippen LogP contribution in [-0.4, -0.2) is 67.1 Å². The minimum atomic E-state index is -0.484. The summed E-state index contributed by atoms with van der Waals surface area (Å²) < 4.78 is 21.4. The van der Waals surface area contributed by atoms with Crippen LogP contribution in [0.15, 0.2) is 22.7 Å². The number of aromatic nitrogens is 2. The number of rotatable bonds is 7. The zero-order valence-corrected chi connectivity index (χ0v) is 18.9. The number of hydrogen-bond acceptors (Lipinski definition) is 8. The average molecular weight is 433 g/mol. The van der Waals surface area contributed by atoms with E-state index < -0.39 is 5.60 Å². The molecule has 1 fully saturated rings. The second-order valence-electron chi connectivity index (χ2n) is 8.57. The number of hydrogen-bond donors (Lipinski definition) is 1. The molecule has 0 saturated carbocycles. The Labute approximate surface area is 183 Å². The molecule has 9 heteroatoms. The first kappa shape index (κ1) is 22.9. The van der Waals surface area contributed by atoms with E-state index in [1.165, 1.54) is 0 Å². The van der Waals surface area contributed by atoms with Crippen LogP contribution in [0.3, 0.4) is 0 Å². The molecule has 1 amide bonds. The minimum Gasteiger partial charge on any atom is -0.493 e. The number of carbonyl (C=O) groups excluding carboxylic acids is 1. The van der Waals surface area contributed by atoms with E-state index in [4.69, 9.17) is 18.7 Å². The van der Waals surface area contributed by atoms with Crippen LogP contribution in [0.4, 0.5) is 4.79 Å². The molecule has 2 aromatic rings. The summed E-state index contributed by atoms with van der Waals surface area (Å²) in [7, 11) is 3.20. The second kappa shape index (κ2) is 10.00. The Morgan fingerprint density at radius 1 is 1.19 bits per heavy atom. The number of ether oxygens (including phenoxy) is 3. The molecule has 0 bridgehead atoms. The Kier molecular flexibility index (Phi) is 7.37. The van der Waals surface area contributed by atoms with Gasteiger partial charge >= 0.3 is 6.09 Å². The summed E-state index contributed by atoms with van der Waals surface area (Å²) in [6, 6.07) is 5.55. The SMILES string of the molecule is COc1ccc(-c2noc(C3CCN(CCNC(=O)OC(C)(C)C)CC3)n2)cc1OC. The molecular weight excluding hydrogens is 400 g/mol. The van der Waals surface area contributed by atoms with Gasteiger partial charge < -0.3 is 29.0 Å². The lowest BCUT2D eigenvalue weighted by atomic mass is 9.97. The van der Waals surface area contributed by atoms with Gasteiger partial charge in [-0.1, -0.05) is 5.16 Å². The summed E-state index contributed by atoms with van der Waals surface area (Å²) in [5.74, 6) is 2.72. The van der Waals surface area contributed by atoms with Crippen molar-refractivity contribution < 1.29 is 23.5 Å². The van der Waals surface area contributed by atoms with Crippen LogP contribution in [0.1, 0.15) is 45.4 Å². The molecule has 2 heterocycles. The zero-order valence-electron chi connectivity index (χ0n) is 18.9. The Balaban J connectivity index is 1.49. The molecule has 0 spiro atoms. The van der Waals surface area contributed by atoms with Crippen molar-refractivity contribution in [3.8, 4) is 22.9 Å². The molecule has 31 heavy (non-hydrogen) atoms. The third-order valence-electron chi connectivity index (χ3n) is 5.12. The summed E-state index contributed by atoms with van der Waals surface area (Å²) in [5, 5.41) is 6.96. The van der Waals surface area contributed by atoms with E-state index in [-0.39, 0.29) is 12.0 Å². The molecule has 1 aromatic carbocycles. The van der Waals surface area contributed by atoms with Gasteiger partial charge in [-0.2, -0.15) is 4.98 Å². The maximum Gasteiger partial charge on any atom is 0.407 e. The number of alkyl carbamates (subject to hydrolysis) is 1. The van der Waals surface area contributed by atoms with Crippen LogP contribution in [-0.2, 0) is 4.74 Å². The fourth-order valence-corrected chi connectivity index (χ4v) is 3.53. The lowest BCUT2D eigenvalue weighted by molar-refractivity contribution is 0.0520. The highest BCUT2D eigenvalue weighted by Gasteiger charge is 2.26. The van der Waals surface area contributed by atoms with E-state index in [9.17, 15) is 4.79 Å². The topological polar surface area (TPSA) is 99.0 Å². The summed E-state index contributed by atoms with van der Waals surface area (Å²) in [4.78, 5) is 18.7. The first-order chi connectivity index (χ1) is 14.8. The van der Waals surface area contributed by atoms with Gasteiger partial charge in [0.15, 0.2) is 11.5 Å². The van der Waals surface area contributed by atoms with E-state index >= 15 is 0 Å². The Hall–Kier alpha value is -2.81. The van der Waals surface area contributed by atoms with Crippen LogP contribution in [0.25, 0.3) is 11.4 Å². The number of amides is 1. The quantitative estimate of drug-likeness (QED) is 0.710. The van der Waals surface area contributed by atoms with Gasteiger partial charge in [0, 0.05) is 24.6 Å². The highest BCUT2D eigenvalue weighted by molar-refractivity contribution is 5.67. The monoisotopic (exact) mass is 432 g/mol. The van der Waals surface area contributed by atoms with E-state index in [0.717, 1.165) is 38.0 Å². The molecule has 1 N–H and O–H groups in total. The van der Waals surface area contributed by atoms with E-state index in [0.29, 0.717) is 29.8 Å². The molecule has 0 unspecified atom stereocenters. The fourth-order valence-electron chi connectivity index (χ4n) is 3.53. The Bertz CT molecular complexity index is 869. The van der Waals surface area contributed by atoms with Crippen molar-refractivity contribution in [3.05, 3.63) is 24.1 Å². The third-order valence-corrected chi connectivity index (χ3v) is 5.12. The van der Waals surface area contributed by atoms with Crippen molar-refractivity contribution in [2.45, 2.75) is 45.1 Å². The zero-order chi connectivity index (χ0) is 22.4. The van der Waals surface area contributed by atoms with Gasteiger partial charge in [-0.05, 0) is 64.9 Å². The van der Waals surface area contributed by atoms with Crippen LogP contribution >= 0.6 is 0 Å². The van der Waals surface area contributed by atoms with Gasteiger partial charge in [0.2, 0.25) is 11.7 Å². The van der Waals surface area contributed by atoms with Gasteiger partial charge in [-0.3, -0.25) is 0 Å². The number of piperidine rings is 1. The maximum atomic E-state index is 11.7. The normalized spacial score (nSPS) is 15.5. The van der Waals surface area contributed by atoms with Gasteiger partial charge in [-0.15, -0.1) is 0 Å². The van der Waals surface area contributed by atoms with Gasteiger partial charge in [0.05, 0.1) is 14.2 Å². The summed E-state index contributed by atoms with van der Waals surface area (Å²) in [6.45, 7) is 8.72. The first-order valence-electron chi connectivity index (χ1n) is 10.5. The van der Waals surface area contributed by atoms with Crippen molar-refractivity contribution in [1.82, 2.24) is 20.4 Å². The fraction of sp³-hybridized carbons (Fsp3) is 0.591. The molecule has 1 aliphatic rings. The van der Waals surface area contributed by atoms with Crippen molar-refractivity contribution in [3.63, 3.8) is 0 Å². The number of carbonyl (C=O) groups is 1. The summed E-state index contributed by atoms with van der Waals surface area (Å²) in [6.07, 6.45) is 1.48. The van der Waals surface area contributed by atoms with Gasteiger partial charge in [0.1, 0.15) is 5.60 Å². The molecule has 9 nitrogen and oxygen atoms in total. The summed E-state index contributed by atoms with van der Waals surface area (Å²) in [5.41, 5.74) is 0.334. The van der Waals surface area contributed by atoms with Crippen molar-refractivity contribution in [1.29, 1.82) is 0 Å². The summed E-state index contributed by atoms with van der Waals surface area (Å²) >= 11 is 0. The predicted octanol–water partition coefficient (Wildman–Crippen LogP) is 3.46. The maximum absolute atomic E-state index is 11.7. The number of nitrogens with one attached hydrogen (secondary N) is 1. The molecule has 1 aliphatic heterocycles. The number of benzene rings is 1. The van der Waals surface area contributed by atoms with Crippen LogP contribution < -0.4 is 14.8 Å². The molecule has 3 rings (SSSR count). The second-order valence-corrected chi connectivity index (χ2v) is 8.57. The minimum absolute atomic E-state index is 0.233. The first-order valence-corrected chi connectivity index (χ1v) is 10.5. The lowest BCUT2D eigenvalue weighted by Crippen LogP contribution is -2.40. The predicted molar refractivity (Wildman–Crippen MR) is 115 cm³/mol. The lowest BCUT2D eigenvalue weighted by Gasteiger charge is -2.30. The molecule has 0 atom stereocenters. The number of nitrogens with zero attached hydrogens (tertiary/aromatic N) is 3. The van der Waals surface area contributed by atoms with E-state index in [1.54, 1.807) is 14.2 Å². The van der Waals surface area contributed by atoms with Crippen LogP contribution in [0, 0.1) is 0 Å². The highest BCUT2D eigenvalue weighted by atomic mass is 16.6. The Morgan fingerprint density at radius 3 is 2.55 bits per heavy atom. The largest absolute Gasteiger partial charge is 0.493 e. The molecular formula is C22H32N4O5. The third kappa shape index (κ3) is 6.33. The number of likely N-dealkylation sites (tertiary alicyclic amines) is 1. The smallest absolute Gasteiger partial charge is 0.407 e. The van der Waals surface area contributed by atoms with Gasteiger partial charge in [0.25, 0.3) is 0 Å². The molecule has 1 saturated heterocycles. The Morgan fingerprint density at radius 2 is 1.90 bits per heavy atom. The van der Waals surface area contributed by atoms with Crippen molar-refractivity contribution >= 4 is 6.09 Å².